The fourth-order valence-corrected chi connectivity index (χ4v) is 3.21. The van der Waals surface area contributed by atoms with Crippen LogP contribution in [0.25, 0.3) is 0 Å². The van der Waals surface area contributed by atoms with E-state index >= 15 is 0 Å². The Bertz CT molecular complexity index is 720. The van der Waals surface area contributed by atoms with Gasteiger partial charge in [-0.2, -0.15) is 0 Å². The number of aromatic amines is 1. The molecule has 0 spiro atoms. The number of nitrogens with one attached hydrogen (secondary N) is 1. The summed E-state index contributed by atoms with van der Waals surface area (Å²) in [5, 5.41) is 0. The van der Waals surface area contributed by atoms with Gasteiger partial charge in [-0.1, -0.05) is 13.8 Å². The Hall–Kier alpha value is -1.25. The largest absolute Gasteiger partial charge is 0.469 e. The Morgan fingerprint density at radius 3 is 2.70 bits per heavy atom. The van der Waals surface area contributed by atoms with Gasteiger partial charge in [0.05, 0.1) is 12.2 Å². The summed E-state index contributed by atoms with van der Waals surface area (Å²) in [6, 6.07) is 0. The predicted octanol–water partition coefficient (Wildman–Crippen LogP) is 0.657. The fourth-order valence-electron chi connectivity index (χ4n) is 2.63. The van der Waals surface area contributed by atoms with Gasteiger partial charge in [-0.3, -0.25) is 18.9 Å². The zero-order valence-corrected chi connectivity index (χ0v) is 14.0. The highest BCUT2D eigenvalue weighted by molar-refractivity contribution is 7.46. The first kappa shape index (κ1) is 18.1. The molecule has 2 heterocycles. The van der Waals surface area contributed by atoms with E-state index in [0.717, 1.165) is 0 Å². The summed E-state index contributed by atoms with van der Waals surface area (Å²) in [4.78, 5) is 43.6. The molecule has 9 nitrogen and oxygen atoms in total. The zero-order valence-electron chi connectivity index (χ0n) is 13.1. The van der Waals surface area contributed by atoms with Crippen LogP contribution in [0.1, 0.15) is 38.5 Å². The topological polar surface area (TPSA) is 131 Å². The average molecular weight is 348 g/mol. The highest BCUT2D eigenvalue weighted by atomic mass is 31.2. The Morgan fingerprint density at radius 2 is 2.13 bits per heavy atom. The van der Waals surface area contributed by atoms with Crippen molar-refractivity contribution in [1.29, 1.82) is 0 Å². The maximum Gasteiger partial charge on any atom is 0.469 e. The molecular formula is C13H21N2O7P. The Labute approximate surface area is 132 Å². The lowest BCUT2D eigenvalue weighted by atomic mass is 10.0. The first-order valence-corrected chi connectivity index (χ1v) is 8.81. The molecule has 0 aliphatic carbocycles. The molecule has 1 unspecified atom stereocenters. The van der Waals surface area contributed by atoms with E-state index in [1.807, 2.05) is 13.8 Å². The number of aromatic nitrogens is 2. The first-order valence-electron chi connectivity index (χ1n) is 7.28. The van der Waals surface area contributed by atoms with Crippen molar-refractivity contribution in [2.75, 3.05) is 0 Å². The van der Waals surface area contributed by atoms with Gasteiger partial charge in [0.15, 0.2) is 0 Å². The predicted molar refractivity (Wildman–Crippen MR) is 81.0 cm³/mol. The number of phosphoric ester groups is 1. The Morgan fingerprint density at radius 1 is 1.48 bits per heavy atom. The first-order chi connectivity index (χ1) is 10.6. The van der Waals surface area contributed by atoms with Crippen molar-refractivity contribution in [3.8, 4) is 0 Å². The van der Waals surface area contributed by atoms with Crippen LogP contribution in [0.4, 0.5) is 0 Å². The van der Waals surface area contributed by atoms with Gasteiger partial charge in [-0.15, -0.1) is 0 Å². The molecule has 0 bridgehead atoms. The minimum absolute atomic E-state index is 0.105. The molecule has 0 amide bonds. The number of rotatable bonds is 5. The van der Waals surface area contributed by atoms with Crippen LogP contribution in [0.15, 0.2) is 15.8 Å². The van der Waals surface area contributed by atoms with Crippen molar-refractivity contribution >= 4 is 7.82 Å². The van der Waals surface area contributed by atoms with Gasteiger partial charge in [0.25, 0.3) is 5.56 Å². The molecule has 10 heteroatoms. The molecule has 0 radical (unpaired) electrons. The lowest BCUT2D eigenvalue weighted by Crippen LogP contribution is -2.33. The van der Waals surface area contributed by atoms with Crippen molar-refractivity contribution in [2.24, 2.45) is 5.92 Å². The second-order valence-corrected chi connectivity index (χ2v) is 7.30. The molecule has 2 rings (SSSR count). The van der Waals surface area contributed by atoms with Crippen LogP contribution in [0.3, 0.4) is 0 Å². The molecule has 3 atom stereocenters. The summed E-state index contributed by atoms with van der Waals surface area (Å²) < 4.78 is 22.9. The number of aryl methyl sites for hydroxylation is 1. The standard InChI is InChI=1S/C13H21N2O7P/c1-7(2)4-9-10(22-23(18,19)20)5-11(21-9)15-6-8(3)12(16)14-13(15)17/h6-7,9-11H,4-5H2,1-3H3,(H,14,16,17)(H2,18,19,20)/t9-,10?,11-/m1/s1. The van der Waals surface area contributed by atoms with Crippen molar-refractivity contribution in [3.63, 3.8) is 0 Å². The minimum atomic E-state index is -4.67. The van der Waals surface area contributed by atoms with E-state index in [0.29, 0.717) is 12.0 Å². The number of hydrogen-bond donors (Lipinski definition) is 3. The number of hydrogen-bond acceptors (Lipinski definition) is 5. The number of H-pyrrole nitrogens is 1. The van der Waals surface area contributed by atoms with E-state index in [1.165, 1.54) is 10.8 Å². The third-order valence-corrected chi connectivity index (χ3v) is 4.16. The van der Waals surface area contributed by atoms with Gasteiger partial charge in [-0.25, -0.2) is 9.36 Å². The summed E-state index contributed by atoms with van der Waals surface area (Å²) in [5.41, 5.74) is -0.773. The molecule has 130 valence electrons. The monoisotopic (exact) mass is 348 g/mol. The van der Waals surface area contributed by atoms with Gasteiger partial charge >= 0.3 is 13.5 Å². The fraction of sp³-hybridized carbons (Fsp3) is 0.692. The lowest BCUT2D eigenvalue weighted by Gasteiger charge is -2.20. The molecule has 1 fully saturated rings. The number of phosphoric acid groups is 1. The quantitative estimate of drug-likeness (QED) is 0.666. The van der Waals surface area contributed by atoms with Crippen LogP contribution in [0.2, 0.25) is 0 Å². The molecule has 23 heavy (non-hydrogen) atoms. The molecule has 1 aliphatic heterocycles. The zero-order chi connectivity index (χ0) is 17.4. The van der Waals surface area contributed by atoms with E-state index in [2.05, 4.69) is 4.98 Å². The van der Waals surface area contributed by atoms with Gasteiger partial charge in [0, 0.05) is 18.2 Å². The molecular weight excluding hydrogens is 327 g/mol. The highest BCUT2D eigenvalue weighted by Gasteiger charge is 2.41. The minimum Gasteiger partial charge on any atom is -0.352 e. The van der Waals surface area contributed by atoms with Crippen molar-refractivity contribution in [2.45, 2.75) is 52.0 Å². The van der Waals surface area contributed by atoms with Gasteiger partial charge in [0.2, 0.25) is 0 Å². The summed E-state index contributed by atoms with van der Waals surface area (Å²) in [6.07, 6.45) is -0.128. The number of nitrogens with zero attached hydrogens (tertiary/aromatic N) is 1. The van der Waals surface area contributed by atoms with Gasteiger partial charge < -0.3 is 14.5 Å². The van der Waals surface area contributed by atoms with Crippen LogP contribution in [0, 0.1) is 12.8 Å². The van der Waals surface area contributed by atoms with Crippen LogP contribution in [0.5, 0.6) is 0 Å². The second-order valence-electron chi connectivity index (χ2n) is 6.11. The highest BCUT2D eigenvalue weighted by Crippen LogP contribution is 2.44. The van der Waals surface area contributed by atoms with Crippen molar-refractivity contribution in [1.82, 2.24) is 9.55 Å². The molecule has 1 aromatic rings. The maximum absolute atomic E-state index is 11.9. The molecule has 1 aromatic heterocycles. The van der Waals surface area contributed by atoms with E-state index < -0.39 is 37.5 Å². The van der Waals surface area contributed by atoms with Crippen LogP contribution in [-0.2, 0) is 13.8 Å². The van der Waals surface area contributed by atoms with Gasteiger partial charge in [0.1, 0.15) is 6.23 Å². The van der Waals surface area contributed by atoms with E-state index in [1.54, 1.807) is 6.92 Å². The molecule has 0 saturated carbocycles. The van der Waals surface area contributed by atoms with Crippen LogP contribution < -0.4 is 11.2 Å². The second kappa shape index (κ2) is 6.70. The summed E-state index contributed by atoms with van der Waals surface area (Å²) in [5.74, 6) is 0.218. The third-order valence-electron chi connectivity index (χ3n) is 3.61. The average Bonchev–Trinajstić information content (AvgIpc) is 2.73. The van der Waals surface area contributed by atoms with E-state index in [4.69, 9.17) is 19.0 Å². The normalized spacial score (nSPS) is 25.2. The molecule has 3 N–H and O–H groups in total. The van der Waals surface area contributed by atoms with Gasteiger partial charge in [-0.05, 0) is 19.3 Å². The summed E-state index contributed by atoms with van der Waals surface area (Å²) >= 11 is 0. The van der Waals surface area contributed by atoms with Crippen LogP contribution >= 0.6 is 7.82 Å². The van der Waals surface area contributed by atoms with Crippen molar-refractivity contribution < 1.29 is 23.6 Å². The van der Waals surface area contributed by atoms with E-state index in [9.17, 15) is 14.2 Å². The third kappa shape index (κ3) is 4.62. The number of ether oxygens (including phenoxy) is 1. The van der Waals surface area contributed by atoms with Crippen LogP contribution in [-0.4, -0.2) is 31.5 Å². The lowest BCUT2D eigenvalue weighted by molar-refractivity contribution is -0.0294. The smallest absolute Gasteiger partial charge is 0.352 e. The Balaban J connectivity index is 2.28. The molecule has 1 saturated heterocycles. The molecule has 0 aromatic carbocycles. The molecule has 1 aliphatic rings. The summed E-state index contributed by atoms with van der Waals surface area (Å²) in [6.45, 7) is 5.45. The van der Waals surface area contributed by atoms with Crippen molar-refractivity contribution in [3.05, 3.63) is 32.6 Å². The maximum atomic E-state index is 11.9. The SMILES string of the molecule is Cc1cn([C@H]2CC(OP(=O)(O)O)[C@@H](CC(C)C)O2)c(=O)[nH]c1=O. The summed E-state index contributed by atoms with van der Waals surface area (Å²) in [7, 11) is -4.67. The van der Waals surface area contributed by atoms with E-state index in [-0.39, 0.29) is 12.3 Å². The Kier molecular flexibility index (Phi) is 5.27.